The van der Waals surface area contributed by atoms with Crippen LogP contribution >= 0.6 is 11.6 Å². The summed E-state index contributed by atoms with van der Waals surface area (Å²) >= 11 is 6.48. The van der Waals surface area contributed by atoms with Crippen molar-refractivity contribution < 1.29 is 34.8 Å². The fourth-order valence-electron chi connectivity index (χ4n) is 3.86. The minimum atomic E-state index is -4.81. The van der Waals surface area contributed by atoms with Gasteiger partial charge in [0.25, 0.3) is 16.0 Å². The molecule has 0 atom stereocenters. The Bertz CT molecular complexity index is 1820. The number of aliphatic imine (C=N–C) groups is 2. The molecule has 0 fully saturated rings. The minimum Gasteiger partial charge on any atom is -0.487 e. The number of amides is 1. The molecule has 6 N–H and O–H groups in total. The second kappa shape index (κ2) is 13.6. The fourth-order valence-corrected chi connectivity index (χ4v) is 4.56. The number of nitrogens with zero attached hydrogens (tertiary/aromatic N) is 3. The molecule has 3 aromatic carbocycles. The lowest BCUT2D eigenvalue weighted by molar-refractivity contribution is 0.102. The van der Waals surface area contributed by atoms with Crippen molar-refractivity contribution in [1.82, 2.24) is 0 Å². The van der Waals surface area contributed by atoms with E-state index in [1.807, 2.05) is 13.8 Å². The number of nitrogens with one attached hydrogen (secondary N) is 1. The summed E-state index contributed by atoms with van der Waals surface area (Å²) in [4.78, 5) is 22.2. The van der Waals surface area contributed by atoms with Crippen LogP contribution in [0.2, 0.25) is 5.02 Å². The molecular weight excluding hydrogens is 639 g/mol. The molecule has 0 spiro atoms. The van der Waals surface area contributed by atoms with E-state index in [1.54, 1.807) is 47.4 Å². The van der Waals surface area contributed by atoms with Crippen molar-refractivity contribution in [2.75, 3.05) is 16.0 Å². The summed E-state index contributed by atoms with van der Waals surface area (Å²) in [5, 5.41) is 2.97. The smallest absolute Gasteiger partial charge is 0.332 e. The van der Waals surface area contributed by atoms with Gasteiger partial charge in [-0.2, -0.15) is 21.8 Å². The maximum absolute atomic E-state index is 13.1. The first-order valence-corrected chi connectivity index (χ1v) is 16.1. The summed E-state index contributed by atoms with van der Waals surface area (Å²) in [6.07, 6.45) is 0. The van der Waals surface area contributed by atoms with Crippen LogP contribution in [-0.4, -0.2) is 50.6 Å². The molecule has 0 aliphatic carbocycles. The van der Waals surface area contributed by atoms with Gasteiger partial charge in [0.15, 0.2) is 0 Å². The third kappa shape index (κ3) is 9.37. The highest BCUT2D eigenvalue weighted by molar-refractivity contribution is 7.86. The fraction of sp³-hybridized carbons (Fsp3) is 0.222. The molecule has 1 heterocycles. The number of carbonyl (C=O) groups excluding carboxylic acids is 1. The zero-order valence-corrected chi connectivity index (χ0v) is 26.1. The van der Waals surface area contributed by atoms with Gasteiger partial charge in [0.2, 0.25) is 11.9 Å². The molecule has 44 heavy (non-hydrogen) atoms. The predicted molar refractivity (Wildman–Crippen MR) is 167 cm³/mol. The third-order valence-electron chi connectivity index (χ3n) is 5.91. The van der Waals surface area contributed by atoms with Crippen molar-refractivity contribution in [2.45, 2.75) is 37.9 Å². The first-order chi connectivity index (χ1) is 20.4. The van der Waals surface area contributed by atoms with Gasteiger partial charge in [-0.1, -0.05) is 23.7 Å². The van der Waals surface area contributed by atoms with Gasteiger partial charge < -0.3 is 21.5 Å². The van der Waals surface area contributed by atoms with E-state index in [2.05, 4.69) is 15.3 Å². The summed E-state index contributed by atoms with van der Waals surface area (Å²) in [5.41, 5.74) is 13.1. The Balaban J connectivity index is 0.000000801. The van der Waals surface area contributed by atoms with Crippen LogP contribution in [-0.2, 0) is 26.9 Å². The summed E-state index contributed by atoms with van der Waals surface area (Å²) in [6.45, 7) is 5.18. The highest BCUT2D eigenvalue weighted by Crippen LogP contribution is 2.34. The predicted octanol–water partition coefficient (Wildman–Crippen LogP) is 3.91. The number of benzene rings is 3. The van der Waals surface area contributed by atoms with Gasteiger partial charge in [-0.05, 0) is 80.9 Å². The number of halogens is 2. The SMILES string of the molecule is CC1(C)N=C(N)N=C(N)N1c1ccc(OCc2cccc(C(=O)Nc3ccc(S(=O)(=O)F)cc3)c2)c(Cl)c1.CCS(=O)(=O)O. The molecule has 0 saturated heterocycles. The van der Waals surface area contributed by atoms with Crippen LogP contribution in [0.5, 0.6) is 5.75 Å². The summed E-state index contributed by atoms with van der Waals surface area (Å²) in [6, 6.07) is 16.6. The molecule has 236 valence electrons. The monoisotopic (exact) mass is 668 g/mol. The number of hydrogen-bond acceptors (Lipinski definition) is 11. The van der Waals surface area contributed by atoms with Crippen LogP contribution < -0.4 is 26.4 Å². The van der Waals surface area contributed by atoms with Crippen LogP contribution in [0.4, 0.5) is 15.3 Å². The van der Waals surface area contributed by atoms with Crippen molar-refractivity contribution in [2.24, 2.45) is 21.5 Å². The standard InChI is InChI=1S/C25H24ClFN6O4S.C2H6O3S/c1-25(2)32-23(28)31-24(29)33(25)18-8-11-21(20(26)13-18)37-14-15-4-3-5-16(12-15)22(34)30-17-6-9-19(10-7-17)38(27,35)36;1-2-6(3,4)5/h3-13H,14H2,1-2H3,(H,30,34)(H4,28,29,31,32);2H2,1H3,(H,3,4,5). The van der Waals surface area contributed by atoms with Gasteiger partial charge in [-0.3, -0.25) is 14.2 Å². The number of rotatable bonds is 8. The van der Waals surface area contributed by atoms with Crippen LogP contribution in [0.1, 0.15) is 36.7 Å². The zero-order chi connectivity index (χ0) is 32.9. The van der Waals surface area contributed by atoms with E-state index in [0.29, 0.717) is 33.3 Å². The molecule has 0 unspecified atom stereocenters. The Morgan fingerprint density at radius 1 is 1.07 bits per heavy atom. The van der Waals surface area contributed by atoms with E-state index in [9.17, 15) is 25.5 Å². The Hall–Kier alpha value is -4.25. The highest BCUT2D eigenvalue weighted by atomic mass is 35.5. The van der Waals surface area contributed by atoms with Crippen molar-refractivity contribution >= 4 is 61.1 Å². The Morgan fingerprint density at radius 3 is 2.25 bits per heavy atom. The summed E-state index contributed by atoms with van der Waals surface area (Å²) in [7, 11) is -8.48. The maximum atomic E-state index is 13.1. The lowest BCUT2D eigenvalue weighted by Gasteiger charge is -2.38. The number of anilines is 2. The molecular formula is C27H30ClFN6O7S2. The van der Waals surface area contributed by atoms with Crippen molar-refractivity contribution in [3.05, 3.63) is 82.9 Å². The van der Waals surface area contributed by atoms with Gasteiger partial charge in [0.1, 0.15) is 18.0 Å². The Kier molecular flexibility index (Phi) is 10.6. The van der Waals surface area contributed by atoms with Gasteiger partial charge in [0.05, 0.1) is 15.7 Å². The third-order valence-corrected chi connectivity index (χ3v) is 7.77. The van der Waals surface area contributed by atoms with E-state index < -0.39 is 36.8 Å². The summed E-state index contributed by atoms with van der Waals surface area (Å²) < 4.78 is 67.7. The van der Waals surface area contributed by atoms with E-state index in [0.717, 1.165) is 12.1 Å². The number of ether oxygens (including phenoxy) is 1. The van der Waals surface area contributed by atoms with Gasteiger partial charge in [-0.15, -0.1) is 3.89 Å². The minimum absolute atomic E-state index is 0.0934. The zero-order valence-electron chi connectivity index (χ0n) is 23.7. The maximum Gasteiger partial charge on any atom is 0.332 e. The average molecular weight is 669 g/mol. The number of guanidine groups is 2. The molecule has 0 aromatic heterocycles. The van der Waals surface area contributed by atoms with E-state index >= 15 is 0 Å². The highest BCUT2D eigenvalue weighted by Gasteiger charge is 2.33. The van der Waals surface area contributed by atoms with Crippen molar-refractivity contribution in [3.8, 4) is 5.75 Å². The number of nitrogens with two attached hydrogens (primary N) is 2. The topological polar surface area (TPSA) is 207 Å². The molecule has 13 nitrogen and oxygen atoms in total. The second-order valence-corrected chi connectivity index (χ2v) is 13.2. The lowest BCUT2D eigenvalue weighted by Crippen LogP contribution is -2.54. The van der Waals surface area contributed by atoms with Crippen LogP contribution in [0.25, 0.3) is 0 Å². The lowest BCUT2D eigenvalue weighted by atomic mass is 10.1. The Morgan fingerprint density at radius 2 is 1.70 bits per heavy atom. The second-order valence-electron chi connectivity index (χ2n) is 9.66. The average Bonchev–Trinajstić information content (AvgIpc) is 2.91. The van der Waals surface area contributed by atoms with E-state index in [4.69, 9.17) is 32.4 Å². The van der Waals surface area contributed by atoms with Crippen molar-refractivity contribution in [3.63, 3.8) is 0 Å². The van der Waals surface area contributed by atoms with Crippen LogP contribution in [0.3, 0.4) is 0 Å². The van der Waals surface area contributed by atoms with Gasteiger partial charge in [0, 0.05) is 16.9 Å². The van der Waals surface area contributed by atoms with Gasteiger partial charge >= 0.3 is 10.2 Å². The molecule has 0 radical (unpaired) electrons. The molecule has 17 heteroatoms. The number of hydrogen-bond donors (Lipinski definition) is 4. The Labute approximate surface area is 259 Å². The van der Waals surface area contributed by atoms with Crippen LogP contribution in [0, 0.1) is 0 Å². The van der Waals surface area contributed by atoms with E-state index in [1.165, 1.54) is 19.1 Å². The molecule has 4 rings (SSSR count). The first kappa shape index (κ1) is 34.2. The van der Waals surface area contributed by atoms with Gasteiger partial charge in [-0.25, -0.2) is 4.99 Å². The normalized spacial score (nSPS) is 14.5. The van der Waals surface area contributed by atoms with Crippen LogP contribution in [0.15, 0.2) is 81.6 Å². The molecule has 0 saturated carbocycles. The van der Waals surface area contributed by atoms with Crippen molar-refractivity contribution in [1.29, 1.82) is 0 Å². The molecule has 3 aromatic rings. The molecule has 1 amide bonds. The van der Waals surface area contributed by atoms with E-state index in [-0.39, 0.29) is 24.3 Å². The number of carbonyl (C=O) groups is 1. The summed E-state index contributed by atoms with van der Waals surface area (Å²) in [5.74, 6) is 0.0624. The molecule has 1 aliphatic heterocycles. The molecule has 1 aliphatic rings. The quantitative estimate of drug-likeness (QED) is 0.201. The first-order valence-electron chi connectivity index (χ1n) is 12.7. The largest absolute Gasteiger partial charge is 0.487 e. The molecule has 0 bridgehead atoms.